The van der Waals surface area contributed by atoms with Crippen LogP contribution in [0, 0.1) is 23.7 Å². The van der Waals surface area contributed by atoms with Crippen molar-refractivity contribution in [3.05, 3.63) is 10.6 Å². The fraction of sp³-hybridized carbons (Fsp3) is 0.588. The second-order valence-corrected chi connectivity index (χ2v) is 7.17. The van der Waals surface area contributed by atoms with E-state index in [1.807, 2.05) is 0 Å². The zero-order valence-corrected chi connectivity index (χ0v) is 16.1. The maximum atomic E-state index is 11.2. The Morgan fingerprint density at radius 2 is 1.70 bits per heavy atom. The first kappa shape index (κ1) is 22.5. The highest BCUT2D eigenvalue weighted by atomic mass is 35.5. The molecule has 1 atom stereocenters. The molecule has 0 aliphatic heterocycles. The second-order valence-electron chi connectivity index (χ2n) is 4.89. The lowest BCUT2D eigenvalue weighted by atomic mass is 10.0. The molecule has 0 bridgehead atoms. The van der Waals surface area contributed by atoms with Crippen molar-refractivity contribution in [3.63, 3.8) is 0 Å². The zero-order valence-electron chi connectivity index (χ0n) is 13.1. The second kappa shape index (κ2) is 15.0. The smallest absolute Gasteiger partial charge is 0.217 e. The molecule has 1 N–H and O–H groups in total. The summed E-state index contributed by atoms with van der Waals surface area (Å²) >= 11 is 22.1. The molecule has 0 saturated heterocycles. The number of alkyl halides is 2. The molecule has 0 aromatic heterocycles. The van der Waals surface area contributed by atoms with Gasteiger partial charge in [-0.05, 0) is 25.7 Å². The van der Waals surface area contributed by atoms with Crippen molar-refractivity contribution in [3.8, 4) is 23.7 Å². The fourth-order valence-electron chi connectivity index (χ4n) is 1.87. The molecule has 0 aromatic carbocycles. The molecule has 0 saturated carbocycles. The summed E-state index contributed by atoms with van der Waals surface area (Å²) in [4.78, 5) is 10.8. The molecule has 128 valence electrons. The molecule has 0 rings (SSSR count). The van der Waals surface area contributed by atoms with E-state index in [-0.39, 0.29) is 16.4 Å². The summed E-state index contributed by atoms with van der Waals surface area (Å²) in [6.07, 6.45) is 7.04. The minimum absolute atomic E-state index is 0.0175. The number of rotatable bonds is 8. The quantitative estimate of drug-likeness (QED) is 0.334. The summed E-state index contributed by atoms with van der Waals surface area (Å²) in [5.41, 5.74) is 0. The summed E-state index contributed by atoms with van der Waals surface area (Å²) < 4.78 is 0.157. The first-order chi connectivity index (χ1) is 10.9. The van der Waals surface area contributed by atoms with Crippen LogP contribution in [0.5, 0.6) is 0 Å². The van der Waals surface area contributed by atoms with Gasteiger partial charge in [0, 0.05) is 38.3 Å². The van der Waals surface area contributed by atoms with Crippen LogP contribution in [-0.2, 0) is 4.79 Å². The van der Waals surface area contributed by atoms with Gasteiger partial charge in [-0.3, -0.25) is 4.79 Å². The molecular formula is C17H21Cl4NO. The first-order valence-corrected chi connectivity index (χ1v) is 9.05. The Balaban J connectivity index is 4.05. The lowest BCUT2D eigenvalue weighted by Gasteiger charge is -2.16. The van der Waals surface area contributed by atoms with E-state index in [2.05, 4.69) is 29.0 Å². The number of nitrogens with one attached hydrogen (secondary N) is 1. The zero-order chi connectivity index (χ0) is 17.5. The van der Waals surface area contributed by atoms with Crippen LogP contribution < -0.4 is 5.32 Å². The van der Waals surface area contributed by atoms with Crippen molar-refractivity contribution in [1.82, 2.24) is 5.32 Å². The minimum Gasteiger partial charge on any atom is -0.354 e. The van der Waals surface area contributed by atoms with Gasteiger partial charge in [0.15, 0.2) is 0 Å². The Morgan fingerprint density at radius 3 is 2.22 bits per heavy atom. The van der Waals surface area contributed by atoms with Crippen LogP contribution in [0.25, 0.3) is 0 Å². The summed E-state index contributed by atoms with van der Waals surface area (Å²) in [6.45, 7) is 1.53. The van der Waals surface area contributed by atoms with Crippen LogP contribution >= 0.6 is 46.4 Å². The van der Waals surface area contributed by atoms with Crippen molar-refractivity contribution in [2.75, 3.05) is 0 Å². The number of carbonyl (C=O) groups excluding carboxylic acids is 1. The lowest BCUT2D eigenvalue weighted by molar-refractivity contribution is -0.119. The third kappa shape index (κ3) is 17.7. The standard InChI is InChI=1S/C17H21Cl4NO/c1-14(23)22-15(10-6-2-4-8-12-16(18)19)11-7-3-5-9-13-17(20)21/h12,15,17H,2-3,6-7,10-11,13H2,1H3,(H,22,23)/t15-/m1/s1. The van der Waals surface area contributed by atoms with Crippen molar-refractivity contribution in [1.29, 1.82) is 0 Å². The van der Waals surface area contributed by atoms with E-state index in [4.69, 9.17) is 46.4 Å². The Kier molecular flexibility index (Phi) is 14.7. The summed E-state index contributed by atoms with van der Waals surface area (Å²) in [5, 5.41) is 2.97. The van der Waals surface area contributed by atoms with Crippen molar-refractivity contribution < 1.29 is 4.79 Å². The minimum atomic E-state index is -0.431. The van der Waals surface area contributed by atoms with Crippen LogP contribution in [-0.4, -0.2) is 16.8 Å². The van der Waals surface area contributed by atoms with Crippen LogP contribution in [0.1, 0.15) is 51.9 Å². The molecule has 1 amide bonds. The predicted molar refractivity (Wildman–Crippen MR) is 101 cm³/mol. The number of halogens is 4. The summed E-state index contributed by atoms with van der Waals surface area (Å²) in [5.74, 6) is 11.7. The molecule has 0 aromatic rings. The fourth-order valence-corrected chi connectivity index (χ4v) is 2.13. The van der Waals surface area contributed by atoms with Gasteiger partial charge in [0.05, 0.1) is 0 Å². The molecule has 0 fully saturated rings. The number of amides is 1. The van der Waals surface area contributed by atoms with Gasteiger partial charge in [0.1, 0.15) is 9.33 Å². The Bertz CT molecular complexity index is 490. The van der Waals surface area contributed by atoms with E-state index in [0.29, 0.717) is 6.42 Å². The van der Waals surface area contributed by atoms with E-state index in [9.17, 15) is 4.79 Å². The highest BCUT2D eigenvalue weighted by Gasteiger charge is 2.08. The summed E-state index contributed by atoms with van der Waals surface area (Å²) in [7, 11) is 0. The van der Waals surface area contributed by atoms with E-state index >= 15 is 0 Å². The van der Waals surface area contributed by atoms with E-state index < -0.39 is 4.84 Å². The van der Waals surface area contributed by atoms with Crippen LogP contribution in [0.3, 0.4) is 0 Å². The highest BCUT2D eigenvalue weighted by molar-refractivity contribution is 6.56. The van der Waals surface area contributed by atoms with Crippen molar-refractivity contribution in [2.24, 2.45) is 0 Å². The van der Waals surface area contributed by atoms with Crippen LogP contribution in [0.4, 0.5) is 0 Å². The third-order valence-corrected chi connectivity index (χ3v) is 3.31. The van der Waals surface area contributed by atoms with Gasteiger partial charge in [-0.15, -0.1) is 35.0 Å². The van der Waals surface area contributed by atoms with Gasteiger partial charge in [0.2, 0.25) is 5.91 Å². The first-order valence-electron chi connectivity index (χ1n) is 7.42. The van der Waals surface area contributed by atoms with Crippen LogP contribution in [0.2, 0.25) is 0 Å². The average molecular weight is 397 g/mol. The SMILES string of the molecule is CC(=O)N[C@H](CCCC#CC=C(Cl)Cl)CCCC#CCC(Cl)Cl. The molecule has 0 heterocycles. The number of hydrogen-bond donors (Lipinski definition) is 1. The summed E-state index contributed by atoms with van der Waals surface area (Å²) in [6, 6.07) is 0.150. The Labute approximate surface area is 159 Å². The molecule has 0 aliphatic carbocycles. The average Bonchev–Trinajstić information content (AvgIpc) is 2.44. The Morgan fingerprint density at radius 1 is 1.09 bits per heavy atom. The number of hydrogen-bond acceptors (Lipinski definition) is 1. The van der Waals surface area contributed by atoms with E-state index in [1.54, 1.807) is 0 Å². The molecule has 0 unspecified atom stereocenters. The molecule has 23 heavy (non-hydrogen) atoms. The van der Waals surface area contributed by atoms with E-state index in [1.165, 1.54) is 13.0 Å². The molecular weight excluding hydrogens is 376 g/mol. The largest absolute Gasteiger partial charge is 0.354 e. The Hall–Kier alpha value is -0.510. The van der Waals surface area contributed by atoms with E-state index in [0.717, 1.165) is 38.5 Å². The third-order valence-electron chi connectivity index (χ3n) is 2.78. The number of unbranched alkanes of at least 4 members (excludes halogenated alkanes) is 2. The maximum absolute atomic E-state index is 11.2. The molecule has 0 spiro atoms. The molecule has 6 heteroatoms. The van der Waals surface area contributed by atoms with Gasteiger partial charge < -0.3 is 5.32 Å². The van der Waals surface area contributed by atoms with Gasteiger partial charge in [-0.2, -0.15) is 0 Å². The van der Waals surface area contributed by atoms with Gasteiger partial charge in [-0.1, -0.05) is 35.0 Å². The molecule has 2 nitrogen and oxygen atoms in total. The van der Waals surface area contributed by atoms with Gasteiger partial charge in [-0.25, -0.2) is 0 Å². The highest BCUT2D eigenvalue weighted by Crippen LogP contribution is 2.09. The predicted octanol–water partition coefficient (Wildman–Crippen LogP) is 5.35. The van der Waals surface area contributed by atoms with Crippen molar-refractivity contribution >= 4 is 52.3 Å². The van der Waals surface area contributed by atoms with Crippen LogP contribution in [0.15, 0.2) is 10.6 Å². The maximum Gasteiger partial charge on any atom is 0.217 e. The number of carbonyl (C=O) groups is 1. The van der Waals surface area contributed by atoms with Gasteiger partial charge >= 0.3 is 0 Å². The lowest BCUT2D eigenvalue weighted by Crippen LogP contribution is -2.32. The topological polar surface area (TPSA) is 29.1 Å². The normalized spacial score (nSPS) is 10.9. The molecule has 0 radical (unpaired) electrons. The monoisotopic (exact) mass is 395 g/mol. The van der Waals surface area contributed by atoms with Crippen molar-refractivity contribution in [2.45, 2.75) is 62.7 Å². The van der Waals surface area contributed by atoms with Gasteiger partial charge in [0.25, 0.3) is 0 Å². The number of allylic oxidation sites excluding steroid dienone is 1. The molecule has 0 aliphatic rings.